The summed E-state index contributed by atoms with van der Waals surface area (Å²) in [5.41, 5.74) is 1.62. The molecule has 0 heterocycles. The lowest BCUT2D eigenvalue weighted by atomic mass is 10.1. The van der Waals surface area contributed by atoms with Crippen LogP contribution in [-0.4, -0.2) is 30.1 Å². The molecular formula is C15H22N2O3. The summed E-state index contributed by atoms with van der Waals surface area (Å²) in [5.74, 6) is -0.974. The summed E-state index contributed by atoms with van der Waals surface area (Å²) in [6.45, 7) is 5.34. The minimum atomic E-state index is -0.821. The van der Waals surface area contributed by atoms with E-state index in [9.17, 15) is 9.59 Å². The van der Waals surface area contributed by atoms with Crippen LogP contribution in [0, 0.1) is 5.92 Å². The van der Waals surface area contributed by atoms with E-state index >= 15 is 0 Å². The number of anilines is 1. The fraction of sp³-hybridized carbons (Fsp3) is 0.467. The molecule has 1 atom stereocenters. The first-order valence-electron chi connectivity index (χ1n) is 6.85. The summed E-state index contributed by atoms with van der Waals surface area (Å²) >= 11 is 0. The highest BCUT2D eigenvalue weighted by atomic mass is 16.4. The van der Waals surface area contributed by atoms with Crippen molar-refractivity contribution < 1.29 is 14.7 Å². The molecule has 5 heteroatoms. The van der Waals surface area contributed by atoms with Gasteiger partial charge in [0.25, 0.3) is 0 Å². The lowest BCUT2D eigenvalue weighted by Crippen LogP contribution is -2.30. The smallest absolute Gasteiger partial charge is 0.303 e. The molecule has 0 aliphatic carbocycles. The number of nitrogens with one attached hydrogen (secondary N) is 2. The molecule has 3 N–H and O–H groups in total. The van der Waals surface area contributed by atoms with Crippen LogP contribution in [0.2, 0.25) is 0 Å². The largest absolute Gasteiger partial charge is 0.481 e. The maximum Gasteiger partial charge on any atom is 0.303 e. The number of carboxylic acids is 1. The van der Waals surface area contributed by atoms with E-state index in [1.807, 2.05) is 38.1 Å². The van der Waals surface area contributed by atoms with Gasteiger partial charge in [-0.2, -0.15) is 0 Å². The van der Waals surface area contributed by atoms with E-state index < -0.39 is 5.97 Å². The molecule has 0 spiro atoms. The standard InChI is InChI=1S/C15H22N2O3/c1-3-16-10-11(2)15(20)17-13-6-4-5-12(9-13)7-8-14(18)19/h4-6,9,11,16H,3,7-8,10H2,1-2H3,(H,17,20)(H,18,19). The Kier molecular flexibility index (Phi) is 6.73. The molecular weight excluding hydrogens is 256 g/mol. The van der Waals surface area contributed by atoms with E-state index in [1.165, 1.54) is 0 Å². The summed E-state index contributed by atoms with van der Waals surface area (Å²) in [5, 5.41) is 14.7. The van der Waals surface area contributed by atoms with Gasteiger partial charge < -0.3 is 15.7 Å². The Bertz CT molecular complexity index is 460. The molecule has 0 aromatic heterocycles. The number of benzene rings is 1. The highest BCUT2D eigenvalue weighted by molar-refractivity contribution is 5.92. The predicted octanol–water partition coefficient (Wildman–Crippen LogP) is 1.89. The van der Waals surface area contributed by atoms with Crippen molar-refractivity contribution in [1.29, 1.82) is 0 Å². The third-order valence-electron chi connectivity index (χ3n) is 2.97. The third-order valence-corrected chi connectivity index (χ3v) is 2.97. The van der Waals surface area contributed by atoms with Gasteiger partial charge in [-0.1, -0.05) is 26.0 Å². The summed E-state index contributed by atoms with van der Waals surface area (Å²) in [6, 6.07) is 7.31. The maximum absolute atomic E-state index is 12.0. The topological polar surface area (TPSA) is 78.4 Å². The Morgan fingerprint density at radius 3 is 2.75 bits per heavy atom. The maximum atomic E-state index is 12.0. The molecule has 0 radical (unpaired) electrons. The predicted molar refractivity (Wildman–Crippen MR) is 78.7 cm³/mol. The first kappa shape index (κ1) is 16.2. The van der Waals surface area contributed by atoms with Crippen LogP contribution in [-0.2, 0) is 16.0 Å². The molecule has 0 saturated carbocycles. The molecule has 5 nitrogen and oxygen atoms in total. The fourth-order valence-corrected chi connectivity index (χ4v) is 1.77. The van der Waals surface area contributed by atoms with Gasteiger partial charge in [-0.25, -0.2) is 0 Å². The van der Waals surface area contributed by atoms with E-state index in [0.29, 0.717) is 18.7 Å². The van der Waals surface area contributed by atoms with Crippen molar-refractivity contribution in [2.75, 3.05) is 18.4 Å². The fourth-order valence-electron chi connectivity index (χ4n) is 1.77. The van der Waals surface area contributed by atoms with Crippen molar-refractivity contribution in [3.63, 3.8) is 0 Å². The monoisotopic (exact) mass is 278 g/mol. The van der Waals surface area contributed by atoms with Crippen molar-refractivity contribution in [3.05, 3.63) is 29.8 Å². The van der Waals surface area contributed by atoms with Crippen LogP contribution < -0.4 is 10.6 Å². The van der Waals surface area contributed by atoms with E-state index in [-0.39, 0.29) is 18.2 Å². The molecule has 20 heavy (non-hydrogen) atoms. The molecule has 0 bridgehead atoms. The Morgan fingerprint density at radius 1 is 1.35 bits per heavy atom. The van der Waals surface area contributed by atoms with E-state index in [4.69, 9.17) is 5.11 Å². The molecule has 0 aliphatic rings. The summed E-state index contributed by atoms with van der Waals surface area (Å²) in [7, 11) is 0. The van der Waals surface area contributed by atoms with Gasteiger partial charge in [-0.05, 0) is 30.7 Å². The summed E-state index contributed by atoms with van der Waals surface area (Å²) in [6.07, 6.45) is 0.556. The second-order valence-corrected chi connectivity index (χ2v) is 4.79. The van der Waals surface area contributed by atoms with Crippen molar-refractivity contribution in [1.82, 2.24) is 5.32 Å². The van der Waals surface area contributed by atoms with Crippen molar-refractivity contribution >= 4 is 17.6 Å². The van der Waals surface area contributed by atoms with Gasteiger partial charge >= 0.3 is 5.97 Å². The molecule has 1 unspecified atom stereocenters. The second kappa shape index (κ2) is 8.32. The van der Waals surface area contributed by atoms with Gasteiger partial charge in [0.05, 0.1) is 0 Å². The van der Waals surface area contributed by atoms with Gasteiger partial charge in [-0.3, -0.25) is 9.59 Å². The third kappa shape index (κ3) is 5.84. The Balaban J connectivity index is 2.56. The zero-order valence-electron chi connectivity index (χ0n) is 12.0. The SMILES string of the molecule is CCNCC(C)C(=O)Nc1cccc(CCC(=O)O)c1. The average molecular weight is 278 g/mol. The number of hydrogen-bond donors (Lipinski definition) is 3. The quantitative estimate of drug-likeness (QED) is 0.678. The number of amides is 1. The summed E-state index contributed by atoms with van der Waals surface area (Å²) < 4.78 is 0. The molecule has 1 amide bonds. The van der Waals surface area contributed by atoms with Gasteiger partial charge in [-0.15, -0.1) is 0 Å². The van der Waals surface area contributed by atoms with Gasteiger partial charge in [0.1, 0.15) is 0 Å². The van der Waals surface area contributed by atoms with Crippen LogP contribution in [0.1, 0.15) is 25.8 Å². The van der Waals surface area contributed by atoms with Crippen LogP contribution in [0.15, 0.2) is 24.3 Å². The molecule has 1 aromatic carbocycles. The highest BCUT2D eigenvalue weighted by Crippen LogP contribution is 2.13. The number of hydrogen-bond acceptors (Lipinski definition) is 3. The first-order valence-corrected chi connectivity index (χ1v) is 6.85. The van der Waals surface area contributed by atoms with Crippen LogP contribution in [0.3, 0.4) is 0 Å². The van der Waals surface area contributed by atoms with Crippen molar-refractivity contribution in [2.24, 2.45) is 5.92 Å². The number of carbonyl (C=O) groups is 2. The van der Waals surface area contributed by atoms with E-state index in [2.05, 4.69) is 10.6 Å². The number of carboxylic acid groups (broad SMARTS) is 1. The zero-order valence-corrected chi connectivity index (χ0v) is 12.0. The van der Waals surface area contributed by atoms with E-state index in [0.717, 1.165) is 12.1 Å². The molecule has 0 aliphatic heterocycles. The molecule has 110 valence electrons. The second-order valence-electron chi connectivity index (χ2n) is 4.79. The van der Waals surface area contributed by atoms with E-state index in [1.54, 1.807) is 0 Å². The lowest BCUT2D eigenvalue weighted by Gasteiger charge is -2.13. The molecule has 1 rings (SSSR count). The first-order chi connectivity index (χ1) is 9.52. The van der Waals surface area contributed by atoms with Crippen LogP contribution in [0.4, 0.5) is 5.69 Å². The Hall–Kier alpha value is -1.88. The minimum Gasteiger partial charge on any atom is -0.481 e. The summed E-state index contributed by atoms with van der Waals surface area (Å²) in [4.78, 5) is 22.5. The highest BCUT2D eigenvalue weighted by Gasteiger charge is 2.12. The minimum absolute atomic E-state index is 0.0404. The van der Waals surface area contributed by atoms with Gasteiger partial charge in [0.2, 0.25) is 5.91 Å². The normalized spacial score (nSPS) is 11.9. The number of carbonyl (C=O) groups excluding carboxylic acids is 1. The van der Waals surface area contributed by atoms with Gasteiger partial charge in [0, 0.05) is 24.6 Å². The Morgan fingerprint density at radius 2 is 2.10 bits per heavy atom. The van der Waals surface area contributed by atoms with Crippen molar-refractivity contribution in [2.45, 2.75) is 26.7 Å². The zero-order chi connectivity index (χ0) is 15.0. The number of rotatable bonds is 8. The van der Waals surface area contributed by atoms with Gasteiger partial charge in [0.15, 0.2) is 0 Å². The Labute approximate surface area is 119 Å². The van der Waals surface area contributed by atoms with Crippen molar-refractivity contribution in [3.8, 4) is 0 Å². The average Bonchev–Trinajstić information content (AvgIpc) is 2.42. The molecule has 0 saturated heterocycles. The molecule has 1 aromatic rings. The lowest BCUT2D eigenvalue weighted by molar-refractivity contribution is -0.137. The number of aryl methyl sites for hydroxylation is 1. The number of aliphatic carboxylic acids is 1. The van der Waals surface area contributed by atoms with Crippen LogP contribution in [0.5, 0.6) is 0 Å². The van der Waals surface area contributed by atoms with Crippen LogP contribution >= 0.6 is 0 Å². The molecule has 0 fully saturated rings. The van der Waals surface area contributed by atoms with Crippen LogP contribution in [0.25, 0.3) is 0 Å².